The smallest absolute Gasteiger partial charge is 0.159 e. The van der Waals surface area contributed by atoms with E-state index in [1.54, 1.807) is 0 Å². The zero-order chi connectivity index (χ0) is 8.15. The van der Waals surface area contributed by atoms with Crippen LogP contribution in [0.1, 0.15) is 6.42 Å². The van der Waals surface area contributed by atoms with Crippen molar-refractivity contribution in [1.29, 1.82) is 0 Å². The molecular formula is C7H10O2Si. The van der Waals surface area contributed by atoms with Crippen molar-refractivity contribution in [2.75, 3.05) is 0 Å². The van der Waals surface area contributed by atoms with Gasteiger partial charge in [-0.2, -0.15) is 0 Å². The molecule has 0 aliphatic heterocycles. The average Bonchev–Trinajstić information content (AvgIpc) is 1.87. The third kappa shape index (κ3) is 3.14. The third-order valence-corrected chi connectivity index (χ3v) is 1.82. The van der Waals surface area contributed by atoms with Crippen molar-refractivity contribution in [2.45, 2.75) is 6.42 Å². The Kier molecular flexibility index (Phi) is 3.57. The molecule has 2 nitrogen and oxygen atoms in total. The van der Waals surface area contributed by atoms with Gasteiger partial charge in [0.05, 0.1) is 10.2 Å². The van der Waals surface area contributed by atoms with E-state index in [0.29, 0.717) is 15.8 Å². The van der Waals surface area contributed by atoms with E-state index < -0.39 is 0 Å². The SMILES string of the molecule is C=CC(=O)CC(=C)C(=O)[SiH3]. The summed E-state index contributed by atoms with van der Waals surface area (Å²) in [5.41, 5.74) is 0.400. The minimum absolute atomic E-state index is 0.00444. The lowest BCUT2D eigenvalue weighted by atomic mass is 10.2. The predicted molar refractivity (Wildman–Crippen MR) is 43.9 cm³/mol. The maximum atomic E-state index is 10.6. The average molecular weight is 154 g/mol. The highest BCUT2D eigenvalue weighted by Gasteiger charge is 2.03. The first-order valence-electron chi connectivity index (χ1n) is 2.92. The molecule has 0 aliphatic rings. The lowest BCUT2D eigenvalue weighted by molar-refractivity contribution is -0.115. The van der Waals surface area contributed by atoms with E-state index in [9.17, 15) is 9.59 Å². The van der Waals surface area contributed by atoms with Crippen molar-refractivity contribution in [2.24, 2.45) is 0 Å². The molecule has 0 fully saturated rings. The topological polar surface area (TPSA) is 34.1 Å². The minimum atomic E-state index is -0.144. The summed E-state index contributed by atoms with van der Waals surface area (Å²) in [6.45, 7) is 6.74. The molecule has 0 spiro atoms. The minimum Gasteiger partial charge on any atom is -0.302 e. The van der Waals surface area contributed by atoms with Crippen LogP contribution in [0.2, 0.25) is 0 Å². The Bertz CT molecular complexity index is 194. The van der Waals surface area contributed by atoms with E-state index in [4.69, 9.17) is 0 Å². The van der Waals surface area contributed by atoms with Gasteiger partial charge >= 0.3 is 0 Å². The van der Waals surface area contributed by atoms with Gasteiger partial charge < -0.3 is 4.79 Å². The van der Waals surface area contributed by atoms with Gasteiger partial charge in [-0.15, -0.1) is 0 Å². The quantitative estimate of drug-likeness (QED) is 0.407. The summed E-state index contributed by atoms with van der Waals surface area (Å²) in [5, 5.41) is -0.00444. The van der Waals surface area contributed by atoms with Crippen LogP contribution in [0.4, 0.5) is 0 Å². The lowest BCUT2D eigenvalue weighted by Gasteiger charge is -1.94. The van der Waals surface area contributed by atoms with Gasteiger partial charge in [-0.25, -0.2) is 0 Å². The number of hydrogen-bond donors (Lipinski definition) is 0. The molecule has 0 saturated heterocycles. The second-order valence-corrected chi connectivity index (χ2v) is 2.92. The van der Waals surface area contributed by atoms with Crippen LogP contribution in [0.15, 0.2) is 24.8 Å². The Morgan fingerprint density at radius 1 is 1.50 bits per heavy atom. The Morgan fingerprint density at radius 2 is 2.00 bits per heavy atom. The molecular weight excluding hydrogens is 144 g/mol. The summed E-state index contributed by atoms with van der Waals surface area (Å²) in [5.74, 6) is -0.144. The summed E-state index contributed by atoms with van der Waals surface area (Å²) < 4.78 is 0. The van der Waals surface area contributed by atoms with Gasteiger partial charge in [-0.3, -0.25) is 4.79 Å². The molecule has 0 N–H and O–H groups in total. The van der Waals surface area contributed by atoms with Crippen LogP contribution in [-0.4, -0.2) is 21.4 Å². The summed E-state index contributed by atoms with van der Waals surface area (Å²) in [7, 11) is 0.436. The first-order valence-corrected chi connectivity index (χ1v) is 3.92. The fourth-order valence-corrected chi connectivity index (χ4v) is 0.584. The summed E-state index contributed by atoms with van der Waals surface area (Å²) in [4.78, 5) is 21.2. The zero-order valence-electron chi connectivity index (χ0n) is 6.02. The van der Waals surface area contributed by atoms with E-state index in [2.05, 4.69) is 13.2 Å². The molecule has 0 radical (unpaired) electrons. The monoisotopic (exact) mass is 154 g/mol. The van der Waals surface area contributed by atoms with Crippen LogP contribution in [0.3, 0.4) is 0 Å². The van der Waals surface area contributed by atoms with Crippen molar-refractivity contribution >= 4 is 21.4 Å². The first-order chi connectivity index (χ1) is 4.57. The molecule has 10 heavy (non-hydrogen) atoms. The van der Waals surface area contributed by atoms with E-state index in [0.717, 1.165) is 0 Å². The van der Waals surface area contributed by atoms with Crippen molar-refractivity contribution in [3.63, 3.8) is 0 Å². The molecule has 0 heterocycles. The highest BCUT2D eigenvalue weighted by molar-refractivity contribution is 6.62. The summed E-state index contributed by atoms with van der Waals surface area (Å²) in [6.07, 6.45) is 1.33. The van der Waals surface area contributed by atoms with Gasteiger partial charge in [-0.05, 0) is 11.6 Å². The fourth-order valence-electron chi connectivity index (χ4n) is 0.407. The van der Waals surface area contributed by atoms with Crippen LogP contribution in [-0.2, 0) is 9.59 Å². The van der Waals surface area contributed by atoms with E-state index in [1.807, 2.05) is 0 Å². The van der Waals surface area contributed by atoms with E-state index in [-0.39, 0.29) is 17.6 Å². The molecule has 54 valence electrons. The van der Waals surface area contributed by atoms with Crippen molar-refractivity contribution < 1.29 is 9.59 Å². The Balaban J connectivity index is 3.92. The molecule has 0 aliphatic carbocycles. The highest BCUT2D eigenvalue weighted by atomic mass is 28.1. The second-order valence-electron chi connectivity index (χ2n) is 2.01. The normalized spacial score (nSPS) is 8.80. The maximum absolute atomic E-state index is 10.6. The molecule has 0 aromatic heterocycles. The maximum Gasteiger partial charge on any atom is 0.159 e. The van der Waals surface area contributed by atoms with Crippen molar-refractivity contribution in [3.8, 4) is 0 Å². The van der Waals surface area contributed by atoms with Crippen LogP contribution in [0, 0.1) is 0 Å². The number of allylic oxidation sites excluding steroid dienone is 2. The number of hydrogen-bond acceptors (Lipinski definition) is 2. The molecule has 0 atom stereocenters. The van der Waals surface area contributed by atoms with Gasteiger partial charge in [0.25, 0.3) is 0 Å². The zero-order valence-corrected chi connectivity index (χ0v) is 8.02. The predicted octanol–water partition coefficient (Wildman–Crippen LogP) is -0.420. The first kappa shape index (κ1) is 9.04. The Hall–Kier alpha value is -0.963. The van der Waals surface area contributed by atoms with Gasteiger partial charge in [0.15, 0.2) is 5.78 Å². The van der Waals surface area contributed by atoms with Gasteiger partial charge in [0, 0.05) is 6.42 Å². The fraction of sp³-hybridized carbons (Fsp3) is 0.143. The molecule has 0 aromatic carbocycles. The Morgan fingerprint density at radius 3 is 2.30 bits per heavy atom. The number of rotatable bonds is 4. The van der Waals surface area contributed by atoms with Crippen LogP contribution < -0.4 is 0 Å². The number of carbonyl (C=O) groups is 2. The molecule has 0 bridgehead atoms. The van der Waals surface area contributed by atoms with Crippen molar-refractivity contribution in [1.82, 2.24) is 0 Å². The van der Waals surface area contributed by atoms with Crippen LogP contribution >= 0.6 is 0 Å². The Labute approximate surface area is 63.0 Å². The van der Waals surface area contributed by atoms with Gasteiger partial charge in [0.1, 0.15) is 5.41 Å². The molecule has 0 aromatic rings. The highest BCUT2D eigenvalue weighted by Crippen LogP contribution is 1.98. The standard InChI is InChI=1S/C7H10O2Si/c1-3-6(8)4-5(2)7(9)10/h3H,1-2,4H2,10H3. The molecule has 0 amide bonds. The van der Waals surface area contributed by atoms with E-state index >= 15 is 0 Å². The largest absolute Gasteiger partial charge is 0.302 e. The molecule has 0 rings (SSSR count). The van der Waals surface area contributed by atoms with Crippen molar-refractivity contribution in [3.05, 3.63) is 24.8 Å². The lowest BCUT2D eigenvalue weighted by Crippen LogP contribution is -2.04. The van der Waals surface area contributed by atoms with Gasteiger partial charge in [-0.1, -0.05) is 13.2 Å². The summed E-state index contributed by atoms with van der Waals surface area (Å²) in [6, 6.07) is 0. The third-order valence-electron chi connectivity index (χ3n) is 1.11. The second kappa shape index (κ2) is 3.95. The molecule has 0 unspecified atom stereocenters. The number of carbonyl (C=O) groups excluding carboxylic acids is 2. The molecule has 3 heteroatoms. The summed E-state index contributed by atoms with van der Waals surface area (Å²) >= 11 is 0. The van der Waals surface area contributed by atoms with Gasteiger partial charge in [0.2, 0.25) is 0 Å². The van der Waals surface area contributed by atoms with Crippen LogP contribution in [0.25, 0.3) is 0 Å². The number of ketones is 1. The molecule has 0 saturated carbocycles. The van der Waals surface area contributed by atoms with E-state index in [1.165, 1.54) is 6.08 Å². The van der Waals surface area contributed by atoms with Crippen LogP contribution in [0.5, 0.6) is 0 Å².